The zero-order valence-corrected chi connectivity index (χ0v) is 18.0. The number of rotatable bonds is 5. The van der Waals surface area contributed by atoms with Crippen molar-refractivity contribution >= 4 is 22.8 Å². The van der Waals surface area contributed by atoms with Crippen molar-refractivity contribution in [1.29, 1.82) is 0 Å². The molecule has 5 rings (SSSR count). The van der Waals surface area contributed by atoms with Crippen LogP contribution < -0.4 is 0 Å². The first-order chi connectivity index (χ1) is 16.2. The Morgan fingerprint density at radius 2 is 1.91 bits per heavy atom. The lowest BCUT2D eigenvalue weighted by molar-refractivity contribution is -0.192. The first-order valence-electron chi connectivity index (χ1n) is 10.7. The molecule has 34 heavy (non-hydrogen) atoms. The number of carboxylic acid groups (broad SMARTS) is 1. The van der Waals surface area contributed by atoms with Crippen LogP contribution in [-0.4, -0.2) is 51.4 Å². The van der Waals surface area contributed by atoms with E-state index >= 15 is 0 Å². The molecule has 0 atom stereocenters. The van der Waals surface area contributed by atoms with Gasteiger partial charge in [0.2, 0.25) is 0 Å². The second kappa shape index (κ2) is 9.80. The van der Waals surface area contributed by atoms with Crippen LogP contribution in [0.3, 0.4) is 0 Å². The third-order valence-corrected chi connectivity index (χ3v) is 5.55. The van der Waals surface area contributed by atoms with Crippen LogP contribution in [0.25, 0.3) is 10.9 Å². The molecular formula is C23H22F3N3O5. The molecule has 2 aromatic heterocycles. The topological polar surface area (TPSA) is 106 Å². The number of hydrogen-bond donors (Lipinski definition) is 1. The van der Waals surface area contributed by atoms with Crippen LogP contribution in [0.4, 0.5) is 13.2 Å². The van der Waals surface area contributed by atoms with Crippen LogP contribution in [0.15, 0.2) is 40.9 Å². The SMILES string of the molecule is O=C(O)C(F)(F)F.O=C(c1ccc2ccccc2n1)N1CCc2onc(COCC3CC3)c2C1. The summed E-state index contributed by atoms with van der Waals surface area (Å²) in [6.45, 7) is 2.34. The first kappa shape index (κ1) is 23.7. The molecule has 1 amide bonds. The van der Waals surface area contributed by atoms with Gasteiger partial charge in [-0.15, -0.1) is 0 Å². The van der Waals surface area contributed by atoms with Crippen LogP contribution in [0.5, 0.6) is 0 Å². The van der Waals surface area contributed by atoms with Gasteiger partial charge in [0.1, 0.15) is 17.1 Å². The smallest absolute Gasteiger partial charge is 0.475 e. The van der Waals surface area contributed by atoms with E-state index in [1.165, 1.54) is 12.8 Å². The molecule has 1 fully saturated rings. The number of halogens is 3. The van der Waals surface area contributed by atoms with Gasteiger partial charge in [-0.05, 0) is 30.9 Å². The van der Waals surface area contributed by atoms with Crippen molar-refractivity contribution in [2.75, 3.05) is 13.2 Å². The lowest BCUT2D eigenvalue weighted by Crippen LogP contribution is -2.36. The Kier molecular flexibility index (Phi) is 6.82. The molecule has 2 aliphatic rings. The van der Waals surface area contributed by atoms with E-state index in [4.69, 9.17) is 19.2 Å². The van der Waals surface area contributed by atoms with E-state index in [0.717, 1.165) is 34.5 Å². The highest BCUT2D eigenvalue weighted by Gasteiger charge is 2.38. The summed E-state index contributed by atoms with van der Waals surface area (Å²) in [6, 6.07) is 11.6. The highest BCUT2D eigenvalue weighted by atomic mass is 19.4. The minimum atomic E-state index is -5.08. The molecule has 1 aliphatic carbocycles. The molecule has 11 heteroatoms. The molecule has 0 radical (unpaired) electrons. The Balaban J connectivity index is 0.000000344. The molecule has 1 aromatic carbocycles. The highest BCUT2D eigenvalue weighted by molar-refractivity contribution is 5.95. The summed E-state index contributed by atoms with van der Waals surface area (Å²) in [6.07, 6.45) is -1.89. The largest absolute Gasteiger partial charge is 0.490 e. The van der Waals surface area contributed by atoms with Gasteiger partial charge in [0.15, 0.2) is 0 Å². The van der Waals surface area contributed by atoms with E-state index in [0.29, 0.717) is 37.7 Å². The van der Waals surface area contributed by atoms with Crippen LogP contribution in [-0.2, 0) is 29.1 Å². The van der Waals surface area contributed by atoms with E-state index in [-0.39, 0.29) is 5.91 Å². The van der Waals surface area contributed by atoms with Crippen molar-refractivity contribution in [2.24, 2.45) is 5.92 Å². The number of nitrogens with zero attached hydrogens (tertiary/aromatic N) is 3. The van der Waals surface area contributed by atoms with Gasteiger partial charge in [-0.25, -0.2) is 9.78 Å². The molecule has 3 heterocycles. The molecule has 1 saturated carbocycles. The number of pyridine rings is 1. The number of fused-ring (bicyclic) bond motifs is 2. The third kappa shape index (κ3) is 5.71. The minimum absolute atomic E-state index is 0.0579. The van der Waals surface area contributed by atoms with E-state index < -0.39 is 12.1 Å². The number of hydrogen-bond acceptors (Lipinski definition) is 6. The number of carbonyl (C=O) groups excluding carboxylic acids is 1. The number of aliphatic carboxylic acids is 1. The number of para-hydroxylation sites is 1. The van der Waals surface area contributed by atoms with Gasteiger partial charge in [0, 0.05) is 30.5 Å². The van der Waals surface area contributed by atoms with Crippen molar-refractivity contribution < 1.29 is 37.1 Å². The molecule has 0 bridgehead atoms. The van der Waals surface area contributed by atoms with Gasteiger partial charge in [0.25, 0.3) is 5.91 Å². The van der Waals surface area contributed by atoms with Crippen molar-refractivity contribution in [1.82, 2.24) is 15.0 Å². The van der Waals surface area contributed by atoms with E-state index in [9.17, 15) is 18.0 Å². The third-order valence-electron chi connectivity index (χ3n) is 5.55. The lowest BCUT2D eigenvalue weighted by Gasteiger charge is -2.26. The predicted octanol–water partition coefficient (Wildman–Crippen LogP) is 3.98. The summed E-state index contributed by atoms with van der Waals surface area (Å²) in [7, 11) is 0. The molecule has 1 aliphatic heterocycles. The Labute approximate surface area is 192 Å². The normalized spacial score (nSPS) is 15.4. The van der Waals surface area contributed by atoms with E-state index in [2.05, 4.69) is 10.1 Å². The van der Waals surface area contributed by atoms with Gasteiger partial charge in [0.05, 0.1) is 18.7 Å². The van der Waals surface area contributed by atoms with Crippen molar-refractivity contribution in [3.63, 3.8) is 0 Å². The van der Waals surface area contributed by atoms with E-state index in [1.54, 1.807) is 6.07 Å². The number of benzene rings is 1. The summed E-state index contributed by atoms with van der Waals surface area (Å²) in [5.41, 5.74) is 3.11. The maximum Gasteiger partial charge on any atom is 0.490 e. The van der Waals surface area contributed by atoms with Crippen molar-refractivity contribution in [3.05, 3.63) is 59.1 Å². The Hall–Kier alpha value is -3.47. The molecule has 180 valence electrons. The number of amides is 1. The first-order valence-corrected chi connectivity index (χ1v) is 10.7. The number of aromatic nitrogens is 2. The molecule has 3 aromatic rings. The number of ether oxygens (including phenoxy) is 1. The monoisotopic (exact) mass is 477 g/mol. The van der Waals surface area contributed by atoms with Crippen molar-refractivity contribution in [3.8, 4) is 0 Å². The fourth-order valence-electron chi connectivity index (χ4n) is 3.50. The molecule has 0 spiro atoms. The van der Waals surface area contributed by atoms with Gasteiger partial charge in [-0.1, -0.05) is 29.4 Å². The fraction of sp³-hybridized carbons (Fsp3) is 0.391. The number of alkyl halides is 3. The lowest BCUT2D eigenvalue weighted by atomic mass is 10.1. The number of carbonyl (C=O) groups is 2. The van der Waals surface area contributed by atoms with E-state index in [1.807, 2.05) is 35.2 Å². The predicted molar refractivity (Wildman–Crippen MR) is 113 cm³/mol. The zero-order valence-electron chi connectivity index (χ0n) is 18.0. The summed E-state index contributed by atoms with van der Waals surface area (Å²) >= 11 is 0. The summed E-state index contributed by atoms with van der Waals surface area (Å²) in [5, 5.41) is 12.3. The number of carboxylic acids is 1. The second-order valence-corrected chi connectivity index (χ2v) is 8.16. The summed E-state index contributed by atoms with van der Waals surface area (Å²) in [5.74, 6) is -1.23. The second-order valence-electron chi connectivity index (χ2n) is 8.16. The average molecular weight is 477 g/mol. The molecule has 0 unspecified atom stereocenters. The summed E-state index contributed by atoms with van der Waals surface area (Å²) < 4.78 is 43.0. The Morgan fingerprint density at radius 1 is 1.18 bits per heavy atom. The fourth-order valence-corrected chi connectivity index (χ4v) is 3.50. The average Bonchev–Trinajstić information content (AvgIpc) is 3.56. The minimum Gasteiger partial charge on any atom is -0.475 e. The Bertz CT molecular complexity index is 1190. The summed E-state index contributed by atoms with van der Waals surface area (Å²) in [4.78, 5) is 28.2. The van der Waals surface area contributed by atoms with Crippen LogP contribution in [0, 0.1) is 5.92 Å². The van der Waals surface area contributed by atoms with Crippen LogP contribution in [0.1, 0.15) is 40.3 Å². The quantitative estimate of drug-likeness (QED) is 0.593. The van der Waals surface area contributed by atoms with Gasteiger partial charge in [-0.2, -0.15) is 13.2 Å². The standard InChI is InChI=1S/C21H21N3O3.C2HF3O2/c25-21(18-8-7-15-3-1-2-4-17(15)22-18)24-10-9-20-16(11-24)19(23-27-20)13-26-12-14-5-6-14;3-2(4,5)1(6)7/h1-4,7-8,14H,5-6,9-13H2;(H,6,7). The van der Waals surface area contributed by atoms with Crippen LogP contribution >= 0.6 is 0 Å². The maximum atomic E-state index is 13.0. The molecular weight excluding hydrogens is 455 g/mol. The van der Waals surface area contributed by atoms with Gasteiger partial charge < -0.3 is 19.3 Å². The maximum absolute atomic E-state index is 13.0. The Morgan fingerprint density at radius 3 is 2.62 bits per heavy atom. The highest BCUT2D eigenvalue weighted by Crippen LogP contribution is 2.30. The zero-order chi connectivity index (χ0) is 24.3. The van der Waals surface area contributed by atoms with Gasteiger partial charge in [-0.3, -0.25) is 4.79 Å². The molecule has 8 nitrogen and oxygen atoms in total. The molecule has 0 saturated heterocycles. The van der Waals surface area contributed by atoms with Gasteiger partial charge >= 0.3 is 12.1 Å². The molecule has 1 N–H and O–H groups in total. The van der Waals surface area contributed by atoms with Crippen molar-refractivity contribution in [2.45, 2.75) is 38.6 Å². The van der Waals surface area contributed by atoms with Crippen LogP contribution in [0.2, 0.25) is 0 Å².